The monoisotopic (exact) mass is 265 g/mol. The van der Waals surface area contributed by atoms with E-state index >= 15 is 0 Å². The summed E-state index contributed by atoms with van der Waals surface area (Å²) in [5, 5.41) is 4.45. The van der Waals surface area contributed by atoms with Crippen LogP contribution >= 0.6 is 15.9 Å². The third kappa shape index (κ3) is 2.21. The molecular weight excluding hydrogens is 254 g/mol. The van der Waals surface area contributed by atoms with E-state index in [1.807, 2.05) is 19.1 Å². The van der Waals surface area contributed by atoms with Crippen LogP contribution in [0.1, 0.15) is 13.3 Å². The number of rotatable bonds is 2. The number of nitrogens with two attached hydrogens (primary N) is 1. The maximum Gasteiger partial charge on any atom is 0.217 e. The lowest BCUT2D eigenvalue weighted by Crippen LogP contribution is -2.43. The summed E-state index contributed by atoms with van der Waals surface area (Å²) in [6.45, 7) is 1.91. The summed E-state index contributed by atoms with van der Waals surface area (Å²) >= 11 is 3.40. The number of primary sulfonamides is 1. The van der Waals surface area contributed by atoms with Crippen molar-refractivity contribution in [1.29, 1.82) is 0 Å². The summed E-state index contributed by atoms with van der Waals surface area (Å²) < 4.78 is 21.9. The van der Waals surface area contributed by atoms with Crippen LogP contribution in [0.2, 0.25) is 0 Å². The molecule has 0 aliphatic heterocycles. The molecule has 0 fully saturated rings. The molecule has 74 valence electrons. The zero-order chi connectivity index (χ0) is 10.1. The molecule has 1 rings (SSSR count). The lowest BCUT2D eigenvalue weighted by atomic mass is 9.97. The molecule has 0 aromatic carbocycles. The number of sulfonamides is 1. The van der Waals surface area contributed by atoms with Crippen LogP contribution in [0, 0.1) is 0 Å². The summed E-state index contributed by atoms with van der Waals surface area (Å²) in [5.41, 5.74) is 0. The SMILES string of the molecule is CCC1(Br)C=CC=CC1S(N)(=O)=O. The minimum atomic E-state index is -3.53. The molecule has 2 N–H and O–H groups in total. The Balaban J connectivity index is 3.10. The predicted molar refractivity (Wildman–Crippen MR) is 57.1 cm³/mol. The maximum absolute atomic E-state index is 11.2. The summed E-state index contributed by atoms with van der Waals surface area (Å²) in [6.07, 6.45) is 7.62. The smallest absolute Gasteiger partial charge is 0.217 e. The lowest BCUT2D eigenvalue weighted by molar-refractivity contribution is 0.573. The first-order chi connectivity index (χ1) is 5.90. The van der Waals surface area contributed by atoms with Crippen LogP contribution in [0.5, 0.6) is 0 Å². The number of halogens is 1. The fraction of sp³-hybridized carbons (Fsp3) is 0.500. The molecule has 13 heavy (non-hydrogen) atoms. The van der Waals surface area contributed by atoms with Gasteiger partial charge in [0.1, 0.15) is 5.25 Å². The van der Waals surface area contributed by atoms with Crippen LogP contribution in [0.15, 0.2) is 24.3 Å². The third-order valence-corrected chi connectivity index (χ3v) is 5.05. The Morgan fingerprint density at radius 2 is 2.15 bits per heavy atom. The molecule has 0 radical (unpaired) electrons. The Morgan fingerprint density at radius 3 is 2.54 bits per heavy atom. The van der Waals surface area contributed by atoms with E-state index < -0.39 is 19.6 Å². The third-order valence-electron chi connectivity index (χ3n) is 2.14. The molecule has 5 heteroatoms. The topological polar surface area (TPSA) is 60.2 Å². The highest BCUT2D eigenvalue weighted by molar-refractivity contribution is 9.10. The van der Waals surface area contributed by atoms with E-state index in [1.54, 1.807) is 12.2 Å². The number of alkyl halides is 1. The predicted octanol–water partition coefficient (Wildman–Crippen LogP) is 1.31. The van der Waals surface area contributed by atoms with Gasteiger partial charge in [-0.15, -0.1) is 0 Å². The second kappa shape index (κ2) is 3.55. The Kier molecular flexibility index (Phi) is 2.99. The molecule has 0 heterocycles. The van der Waals surface area contributed by atoms with Gasteiger partial charge in [0.15, 0.2) is 0 Å². The highest BCUT2D eigenvalue weighted by atomic mass is 79.9. The Labute approximate surface area is 86.9 Å². The molecule has 3 nitrogen and oxygen atoms in total. The second-order valence-corrected chi connectivity index (χ2v) is 6.20. The van der Waals surface area contributed by atoms with Gasteiger partial charge in [0, 0.05) is 0 Å². The van der Waals surface area contributed by atoms with Crippen molar-refractivity contribution < 1.29 is 8.42 Å². The molecule has 0 aromatic heterocycles. The average Bonchev–Trinajstić information content (AvgIpc) is 2.03. The van der Waals surface area contributed by atoms with Crippen LogP contribution in [0.3, 0.4) is 0 Å². The van der Waals surface area contributed by atoms with E-state index in [1.165, 1.54) is 0 Å². The van der Waals surface area contributed by atoms with E-state index in [0.29, 0.717) is 6.42 Å². The average molecular weight is 266 g/mol. The van der Waals surface area contributed by atoms with Crippen LogP contribution in [-0.4, -0.2) is 18.0 Å². The molecule has 0 aromatic rings. The molecule has 0 saturated heterocycles. The van der Waals surface area contributed by atoms with Crippen molar-refractivity contribution in [2.24, 2.45) is 5.14 Å². The number of hydrogen-bond acceptors (Lipinski definition) is 2. The largest absolute Gasteiger partial charge is 0.228 e. The minimum Gasteiger partial charge on any atom is -0.228 e. The molecular formula is C8H12BrNO2S. The molecule has 2 atom stereocenters. The van der Waals surface area contributed by atoms with E-state index in [9.17, 15) is 8.42 Å². The van der Waals surface area contributed by atoms with Crippen LogP contribution in [-0.2, 0) is 10.0 Å². The van der Waals surface area contributed by atoms with Crippen LogP contribution in [0.25, 0.3) is 0 Å². The standard InChI is InChI=1S/C8H12BrNO2S/c1-2-8(9)6-4-3-5-7(8)13(10,11)12/h3-7H,2H2,1H3,(H2,10,11,12). The van der Waals surface area contributed by atoms with Crippen molar-refractivity contribution in [3.63, 3.8) is 0 Å². The van der Waals surface area contributed by atoms with Crippen molar-refractivity contribution in [3.8, 4) is 0 Å². The lowest BCUT2D eigenvalue weighted by Gasteiger charge is -2.30. The Bertz CT molecular complexity index is 347. The molecule has 1 aliphatic carbocycles. The fourth-order valence-electron chi connectivity index (χ4n) is 1.34. The zero-order valence-electron chi connectivity index (χ0n) is 7.27. The van der Waals surface area contributed by atoms with Crippen LogP contribution < -0.4 is 5.14 Å². The molecule has 1 aliphatic rings. The van der Waals surface area contributed by atoms with Crippen molar-refractivity contribution in [2.45, 2.75) is 22.9 Å². The quantitative estimate of drug-likeness (QED) is 0.766. The summed E-state index contributed by atoms with van der Waals surface area (Å²) in [4.78, 5) is 0. The van der Waals surface area contributed by atoms with Crippen molar-refractivity contribution in [1.82, 2.24) is 0 Å². The fourth-order valence-corrected chi connectivity index (χ4v) is 3.52. The Hall–Kier alpha value is -0.130. The molecule has 0 bridgehead atoms. The number of hydrogen-bond donors (Lipinski definition) is 1. The molecule has 2 unspecified atom stereocenters. The molecule has 0 spiro atoms. The first kappa shape index (κ1) is 10.9. The van der Waals surface area contributed by atoms with Crippen molar-refractivity contribution in [3.05, 3.63) is 24.3 Å². The van der Waals surface area contributed by atoms with Gasteiger partial charge in [0.2, 0.25) is 10.0 Å². The first-order valence-corrected chi connectivity index (χ1v) is 6.37. The van der Waals surface area contributed by atoms with E-state index in [2.05, 4.69) is 15.9 Å². The van der Waals surface area contributed by atoms with E-state index in [4.69, 9.17) is 5.14 Å². The van der Waals surface area contributed by atoms with Gasteiger partial charge in [0.05, 0.1) is 4.32 Å². The van der Waals surface area contributed by atoms with Gasteiger partial charge in [0.25, 0.3) is 0 Å². The molecule has 0 saturated carbocycles. The van der Waals surface area contributed by atoms with Gasteiger partial charge in [-0.3, -0.25) is 0 Å². The van der Waals surface area contributed by atoms with E-state index in [-0.39, 0.29) is 0 Å². The van der Waals surface area contributed by atoms with Gasteiger partial charge < -0.3 is 0 Å². The van der Waals surface area contributed by atoms with Crippen LogP contribution in [0.4, 0.5) is 0 Å². The highest BCUT2D eigenvalue weighted by Gasteiger charge is 2.39. The van der Waals surface area contributed by atoms with Gasteiger partial charge >= 0.3 is 0 Å². The normalized spacial score (nSPS) is 33.6. The highest BCUT2D eigenvalue weighted by Crippen LogP contribution is 2.34. The van der Waals surface area contributed by atoms with E-state index in [0.717, 1.165) is 0 Å². The van der Waals surface area contributed by atoms with Gasteiger partial charge in [-0.25, -0.2) is 13.6 Å². The summed E-state index contributed by atoms with van der Waals surface area (Å²) in [5.74, 6) is 0. The summed E-state index contributed by atoms with van der Waals surface area (Å²) in [6, 6.07) is 0. The van der Waals surface area contributed by atoms with Gasteiger partial charge in [-0.2, -0.15) is 0 Å². The zero-order valence-corrected chi connectivity index (χ0v) is 9.68. The number of allylic oxidation sites excluding steroid dienone is 3. The maximum atomic E-state index is 11.2. The van der Waals surface area contributed by atoms with Gasteiger partial charge in [-0.1, -0.05) is 47.2 Å². The van der Waals surface area contributed by atoms with Gasteiger partial charge in [-0.05, 0) is 6.42 Å². The summed E-state index contributed by atoms with van der Waals surface area (Å²) in [7, 11) is -3.53. The minimum absolute atomic E-state index is 0.546. The molecule has 0 amide bonds. The van der Waals surface area contributed by atoms with Crippen molar-refractivity contribution in [2.75, 3.05) is 0 Å². The first-order valence-electron chi connectivity index (χ1n) is 3.97. The second-order valence-electron chi connectivity index (χ2n) is 3.03. The van der Waals surface area contributed by atoms with Crippen molar-refractivity contribution >= 4 is 26.0 Å². The Morgan fingerprint density at radius 1 is 1.54 bits per heavy atom.